The molecule has 7 nitrogen and oxygen atoms in total. The monoisotopic (exact) mass is 247 g/mol. The van der Waals surface area contributed by atoms with Gasteiger partial charge in [-0.15, -0.1) is 0 Å². The number of unbranched alkanes of at least 4 members (excludes halogenated alkanes) is 1. The maximum Gasteiger partial charge on any atom is 0.328 e. The van der Waals surface area contributed by atoms with Crippen LogP contribution in [0.3, 0.4) is 0 Å². The molecule has 0 aromatic rings. The minimum Gasteiger partial charge on any atom is -0.480 e. The summed E-state index contributed by atoms with van der Waals surface area (Å²) >= 11 is 0. The Morgan fingerprint density at radius 3 is 2.35 bits per heavy atom. The van der Waals surface area contributed by atoms with Gasteiger partial charge in [-0.25, -0.2) is 4.79 Å². The molecule has 0 heterocycles. The SMILES string of the molecule is C[C@@H](O)[C@H](NC(=O)[C@@H](N)CCCCN)C(=O)O. The van der Waals surface area contributed by atoms with Crippen LogP contribution >= 0.6 is 0 Å². The van der Waals surface area contributed by atoms with E-state index in [1.54, 1.807) is 0 Å². The molecule has 0 spiro atoms. The Hall–Kier alpha value is -1.18. The summed E-state index contributed by atoms with van der Waals surface area (Å²) in [6, 6.07) is -2.11. The molecule has 0 aromatic carbocycles. The number of rotatable bonds is 8. The molecular weight excluding hydrogens is 226 g/mol. The zero-order valence-electron chi connectivity index (χ0n) is 9.93. The number of aliphatic carboxylic acids is 1. The van der Waals surface area contributed by atoms with Crippen molar-refractivity contribution in [1.29, 1.82) is 0 Å². The van der Waals surface area contributed by atoms with Crippen molar-refractivity contribution in [2.24, 2.45) is 11.5 Å². The molecule has 0 saturated carbocycles. The number of aliphatic hydroxyl groups is 1. The Labute approximate surface area is 100 Å². The van der Waals surface area contributed by atoms with Crippen molar-refractivity contribution in [2.45, 2.75) is 44.4 Å². The van der Waals surface area contributed by atoms with Gasteiger partial charge in [0.1, 0.15) is 0 Å². The summed E-state index contributed by atoms with van der Waals surface area (Å²) in [7, 11) is 0. The molecule has 0 aliphatic carbocycles. The molecule has 7 heteroatoms. The number of aliphatic hydroxyl groups excluding tert-OH is 1. The van der Waals surface area contributed by atoms with Crippen LogP contribution in [-0.4, -0.2) is 46.8 Å². The molecule has 17 heavy (non-hydrogen) atoms. The molecule has 3 atom stereocenters. The lowest BCUT2D eigenvalue weighted by atomic mass is 10.1. The molecule has 0 fully saturated rings. The average Bonchev–Trinajstić information content (AvgIpc) is 2.24. The summed E-state index contributed by atoms with van der Waals surface area (Å²) in [5.41, 5.74) is 10.9. The quantitative estimate of drug-likeness (QED) is 0.327. The lowest BCUT2D eigenvalue weighted by Gasteiger charge is -2.19. The third kappa shape index (κ3) is 6.20. The number of hydrogen-bond acceptors (Lipinski definition) is 5. The van der Waals surface area contributed by atoms with Gasteiger partial charge < -0.3 is 27.0 Å². The van der Waals surface area contributed by atoms with Gasteiger partial charge in [0.2, 0.25) is 5.91 Å². The second-order valence-corrected chi connectivity index (χ2v) is 3.96. The van der Waals surface area contributed by atoms with Crippen molar-refractivity contribution in [1.82, 2.24) is 5.32 Å². The predicted octanol–water partition coefficient (Wildman–Crippen LogP) is -1.61. The molecule has 100 valence electrons. The van der Waals surface area contributed by atoms with Gasteiger partial charge in [0, 0.05) is 0 Å². The van der Waals surface area contributed by atoms with E-state index in [4.69, 9.17) is 16.6 Å². The topological polar surface area (TPSA) is 139 Å². The van der Waals surface area contributed by atoms with E-state index in [1.807, 2.05) is 0 Å². The van der Waals surface area contributed by atoms with E-state index >= 15 is 0 Å². The minimum absolute atomic E-state index is 0.440. The molecule has 7 N–H and O–H groups in total. The number of nitrogens with one attached hydrogen (secondary N) is 1. The highest BCUT2D eigenvalue weighted by Gasteiger charge is 2.26. The van der Waals surface area contributed by atoms with Crippen molar-refractivity contribution >= 4 is 11.9 Å². The zero-order chi connectivity index (χ0) is 13.4. The van der Waals surface area contributed by atoms with Crippen molar-refractivity contribution in [3.8, 4) is 0 Å². The summed E-state index contributed by atoms with van der Waals surface area (Å²) in [5.74, 6) is -1.86. The summed E-state index contributed by atoms with van der Waals surface area (Å²) in [4.78, 5) is 22.2. The predicted molar refractivity (Wildman–Crippen MR) is 62.1 cm³/mol. The second kappa shape index (κ2) is 7.99. The molecule has 0 aliphatic heterocycles. The molecule has 0 saturated heterocycles. The van der Waals surface area contributed by atoms with E-state index in [0.717, 1.165) is 6.42 Å². The Kier molecular flexibility index (Phi) is 7.44. The van der Waals surface area contributed by atoms with Gasteiger partial charge in [-0.3, -0.25) is 4.79 Å². The van der Waals surface area contributed by atoms with Crippen LogP contribution in [-0.2, 0) is 9.59 Å². The van der Waals surface area contributed by atoms with Crippen LogP contribution < -0.4 is 16.8 Å². The first-order chi connectivity index (χ1) is 7.90. The first-order valence-corrected chi connectivity index (χ1v) is 5.57. The van der Waals surface area contributed by atoms with E-state index in [2.05, 4.69) is 5.32 Å². The van der Waals surface area contributed by atoms with Crippen LogP contribution in [0.2, 0.25) is 0 Å². The maximum absolute atomic E-state index is 11.5. The van der Waals surface area contributed by atoms with Gasteiger partial charge >= 0.3 is 5.97 Å². The Bertz CT molecular complexity index is 258. The molecule has 0 rings (SSSR count). The summed E-state index contributed by atoms with van der Waals surface area (Å²) in [5, 5.41) is 20.1. The molecule has 0 radical (unpaired) electrons. The van der Waals surface area contributed by atoms with Gasteiger partial charge in [0.25, 0.3) is 0 Å². The number of carbonyl (C=O) groups excluding carboxylic acids is 1. The fourth-order valence-corrected chi connectivity index (χ4v) is 1.29. The van der Waals surface area contributed by atoms with E-state index in [1.165, 1.54) is 6.92 Å². The van der Waals surface area contributed by atoms with Crippen LogP contribution in [0.5, 0.6) is 0 Å². The summed E-state index contributed by atoms with van der Waals surface area (Å²) in [6.45, 7) is 1.82. The molecule has 0 unspecified atom stereocenters. The van der Waals surface area contributed by atoms with Crippen molar-refractivity contribution in [3.05, 3.63) is 0 Å². The lowest BCUT2D eigenvalue weighted by molar-refractivity contribution is -0.145. The smallest absolute Gasteiger partial charge is 0.328 e. The molecular formula is C10H21N3O4. The number of carboxylic acids is 1. The van der Waals surface area contributed by atoms with Gasteiger partial charge in [-0.2, -0.15) is 0 Å². The first kappa shape index (κ1) is 15.8. The highest BCUT2D eigenvalue weighted by Crippen LogP contribution is 2.00. The highest BCUT2D eigenvalue weighted by atomic mass is 16.4. The molecule has 0 bridgehead atoms. The zero-order valence-corrected chi connectivity index (χ0v) is 9.93. The number of hydrogen-bond donors (Lipinski definition) is 5. The summed E-state index contributed by atoms with van der Waals surface area (Å²) in [6.07, 6.45) is 0.736. The molecule has 0 aromatic heterocycles. The maximum atomic E-state index is 11.5. The van der Waals surface area contributed by atoms with Crippen molar-refractivity contribution in [2.75, 3.05) is 6.54 Å². The normalized spacial score (nSPS) is 16.0. The highest BCUT2D eigenvalue weighted by molar-refractivity contribution is 5.87. The largest absolute Gasteiger partial charge is 0.480 e. The number of amides is 1. The number of nitrogens with two attached hydrogens (primary N) is 2. The van der Waals surface area contributed by atoms with Crippen LogP contribution in [0.4, 0.5) is 0 Å². The van der Waals surface area contributed by atoms with Gasteiger partial charge in [0.15, 0.2) is 6.04 Å². The lowest BCUT2D eigenvalue weighted by Crippen LogP contribution is -2.52. The Balaban J connectivity index is 4.16. The summed E-state index contributed by atoms with van der Waals surface area (Å²) < 4.78 is 0. The van der Waals surface area contributed by atoms with E-state index in [-0.39, 0.29) is 0 Å². The van der Waals surface area contributed by atoms with E-state index in [9.17, 15) is 14.7 Å². The minimum atomic E-state index is -1.33. The van der Waals surface area contributed by atoms with E-state index in [0.29, 0.717) is 19.4 Å². The van der Waals surface area contributed by atoms with Gasteiger partial charge in [-0.05, 0) is 26.3 Å². The molecule has 1 amide bonds. The third-order valence-corrected chi connectivity index (χ3v) is 2.35. The van der Waals surface area contributed by atoms with Gasteiger partial charge in [-0.1, -0.05) is 6.42 Å². The number of carbonyl (C=O) groups is 2. The van der Waals surface area contributed by atoms with E-state index < -0.39 is 30.1 Å². The van der Waals surface area contributed by atoms with Crippen molar-refractivity contribution in [3.63, 3.8) is 0 Å². The van der Waals surface area contributed by atoms with Crippen LogP contribution in [0, 0.1) is 0 Å². The Morgan fingerprint density at radius 2 is 1.94 bits per heavy atom. The Morgan fingerprint density at radius 1 is 1.35 bits per heavy atom. The third-order valence-electron chi connectivity index (χ3n) is 2.35. The number of carboxylic acid groups (broad SMARTS) is 1. The second-order valence-electron chi connectivity index (χ2n) is 3.96. The van der Waals surface area contributed by atoms with Crippen LogP contribution in [0.1, 0.15) is 26.2 Å². The first-order valence-electron chi connectivity index (χ1n) is 5.57. The molecule has 0 aliphatic rings. The van der Waals surface area contributed by atoms with Gasteiger partial charge in [0.05, 0.1) is 12.1 Å². The standard InChI is InChI=1S/C10H21N3O4/c1-6(14)8(10(16)17)13-9(15)7(12)4-2-3-5-11/h6-8,14H,2-5,11-12H2,1H3,(H,13,15)(H,16,17)/t6-,7+,8+/m1/s1. The van der Waals surface area contributed by atoms with Crippen molar-refractivity contribution < 1.29 is 19.8 Å². The fourth-order valence-electron chi connectivity index (χ4n) is 1.29. The van der Waals surface area contributed by atoms with Crippen LogP contribution in [0.15, 0.2) is 0 Å². The van der Waals surface area contributed by atoms with Crippen LogP contribution in [0.25, 0.3) is 0 Å². The average molecular weight is 247 g/mol. The fraction of sp³-hybridized carbons (Fsp3) is 0.800.